The van der Waals surface area contributed by atoms with Crippen molar-refractivity contribution in [3.05, 3.63) is 107 Å². The van der Waals surface area contributed by atoms with Gasteiger partial charge in [-0.3, -0.25) is 4.98 Å². The van der Waals surface area contributed by atoms with Gasteiger partial charge in [0.05, 0.1) is 51.6 Å². The molecule has 6 rings (SSSR count). The first-order valence-electron chi connectivity index (χ1n) is 11.8. The Morgan fingerprint density at radius 2 is 1.95 bits per heavy atom. The zero-order chi connectivity index (χ0) is 27.6. The Balaban J connectivity index is 1.43. The summed E-state index contributed by atoms with van der Waals surface area (Å²) in [4.78, 5) is 12.0. The first-order valence-corrected chi connectivity index (χ1v) is 12.2. The van der Waals surface area contributed by atoms with Gasteiger partial charge < -0.3 is 25.9 Å². The molecular weight excluding hydrogens is 540 g/mol. The quantitative estimate of drug-likeness (QED) is 0.165. The van der Waals surface area contributed by atoms with Crippen molar-refractivity contribution in [3.63, 3.8) is 0 Å². The number of anilines is 3. The number of hydrazine groups is 2. The number of pyridine rings is 2. The third kappa shape index (κ3) is 4.82. The van der Waals surface area contributed by atoms with E-state index in [1.54, 1.807) is 24.5 Å². The molecule has 0 fully saturated rings. The lowest BCUT2D eigenvalue weighted by Crippen LogP contribution is -2.33. The normalized spacial score (nSPS) is 13.2. The van der Waals surface area contributed by atoms with Gasteiger partial charge in [0.15, 0.2) is 5.82 Å². The van der Waals surface area contributed by atoms with Crippen molar-refractivity contribution in [1.29, 1.82) is 5.26 Å². The molecule has 5 N–H and O–H groups in total. The smallest absolute Gasteiger partial charge is 0.249 e. The van der Waals surface area contributed by atoms with Crippen molar-refractivity contribution in [2.45, 2.75) is 6.04 Å². The minimum atomic E-state index is -1.23. The van der Waals surface area contributed by atoms with Crippen LogP contribution in [0.5, 0.6) is 0 Å². The van der Waals surface area contributed by atoms with Crippen molar-refractivity contribution in [3.8, 4) is 17.5 Å². The van der Waals surface area contributed by atoms with E-state index in [-0.39, 0.29) is 11.3 Å². The Hall–Kier alpha value is -5.25. The molecule has 10 nitrogen and oxygen atoms in total. The number of benzene rings is 2. The molecule has 0 spiro atoms. The van der Waals surface area contributed by atoms with E-state index >= 15 is 0 Å². The lowest BCUT2D eigenvalue weighted by molar-refractivity contribution is 0.480. The Kier molecular flexibility index (Phi) is 6.57. The summed E-state index contributed by atoms with van der Waals surface area (Å²) in [5, 5.41) is 17.0. The van der Waals surface area contributed by atoms with E-state index in [2.05, 4.69) is 48.0 Å². The number of aromatic nitrogens is 3. The van der Waals surface area contributed by atoms with Crippen LogP contribution in [0.2, 0.25) is 5.02 Å². The molecule has 3 aromatic heterocycles. The molecule has 4 heterocycles. The van der Waals surface area contributed by atoms with Gasteiger partial charge in [0.2, 0.25) is 11.8 Å². The Morgan fingerprint density at radius 1 is 1.05 bits per heavy atom. The highest BCUT2D eigenvalue weighted by molar-refractivity contribution is 6.36. The van der Waals surface area contributed by atoms with Crippen LogP contribution in [0, 0.1) is 23.1 Å². The molecule has 0 amide bonds. The molecule has 40 heavy (non-hydrogen) atoms. The molecule has 0 bridgehead atoms. The molecule has 0 radical (unpaired) electrons. The van der Waals surface area contributed by atoms with Gasteiger partial charge in [-0.1, -0.05) is 23.7 Å². The number of nitrogens with one attached hydrogen (secondary N) is 5. The maximum absolute atomic E-state index is 13.9. The van der Waals surface area contributed by atoms with Crippen molar-refractivity contribution in [1.82, 2.24) is 31.3 Å². The van der Waals surface area contributed by atoms with E-state index in [0.717, 1.165) is 29.1 Å². The highest BCUT2D eigenvalue weighted by atomic mass is 35.5. The summed E-state index contributed by atoms with van der Waals surface area (Å²) < 4.78 is 32.7. The number of fused-ring (bicyclic) bond motifs is 1. The summed E-state index contributed by atoms with van der Waals surface area (Å²) in [6, 6.07) is 13.8. The topological polar surface area (TPSA) is 136 Å². The SMILES string of the molecule is N#Cc1cnc2c(Cl)cc(N[C@H](C3=CNNN3)c3cccc(-c4ncco4)c3)cc2c1Nc1cnc(F)c(F)c1. The summed E-state index contributed by atoms with van der Waals surface area (Å²) >= 11 is 6.65. The largest absolute Gasteiger partial charge is 0.445 e. The lowest BCUT2D eigenvalue weighted by atomic mass is 10.0. The molecule has 1 aliphatic rings. The monoisotopic (exact) mass is 557 g/mol. The van der Waals surface area contributed by atoms with Gasteiger partial charge in [0, 0.05) is 35.1 Å². The van der Waals surface area contributed by atoms with Gasteiger partial charge in [-0.2, -0.15) is 15.2 Å². The molecule has 1 aliphatic heterocycles. The molecule has 0 saturated carbocycles. The fourth-order valence-corrected chi connectivity index (χ4v) is 4.60. The first-order chi connectivity index (χ1) is 19.5. The summed E-state index contributed by atoms with van der Waals surface area (Å²) in [5.41, 5.74) is 12.9. The van der Waals surface area contributed by atoms with E-state index in [4.69, 9.17) is 16.0 Å². The number of hydrogen-bond acceptors (Lipinski definition) is 10. The second-order valence-corrected chi connectivity index (χ2v) is 9.08. The molecule has 2 aromatic carbocycles. The molecular formula is C27H18ClF2N9O. The lowest BCUT2D eigenvalue weighted by Gasteiger charge is -2.23. The maximum atomic E-state index is 13.9. The van der Waals surface area contributed by atoms with Gasteiger partial charge in [-0.15, -0.1) is 0 Å². The molecule has 0 unspecified atom stereocenters. The third-order valence-electron chi connectivity index (χ3n) is 6.14. The van der Waals surface area contributed by atoms with Crippen LogP contribution in [-0.2, 0) is 0 Å². The van der Waals surface area contributed by atoms with Gasteiger partial charge in [-0.05, 0) is 29.8 Å². The number of rotatable bonds is 7. The van der Waals surface area contributed by atoms with Crippen molar-refractivity contribution in [2.24, 2.45) is 0 Å². The Labute approximate surface area is 230 Å². The zero-order valence-electron chi connectivity index (χ0n) is 20.3. The van der Waals surface area contributed by atoms with Crippen LogP contribution in [0.1, 0.15) is 17.2 Å². The van der Waals surface area contributed by atoms with E-state index in [1.165, 1.54) is 12.5 Å². The van der Waals surface area contributed by atoms with Gasteiger partial charge in [-0.25, -0.2) is 14.4 Å². The Bertz CT molecular complexity index is 1800. The second-order valence-electron chi connectivity index (χ2n) is 8.67. The fourth-order valence-electron chi connectivity index (χ4n) is 4.33. The molecule has 0 saturated heterocycles. The second kappa shape index (κ2) is 10.5. The van der Waals surface area contributed by atoms with Crippen LogP contribution in [-0.4, -0.2) is 15.0 Å². The van der Waals surface area contributed by atoms with E-state index in [0.29, 0.717) is 33.2 Å². The summed E-state index contributed by atoms with van der Waals surface area (Å²) in [6.07, 6.45) is 7.35. The molecule has 198 valence electrons. The molecule has 0 aliphatic carbocycles. The maximum Gasteiger partial charge on any atom is 0.249 e. The van der Waals surface area contributed by atoms with Crippen LogP contribution >= 0.6 is 11.6 Å². The fraction of sp³-hybridized carbons (Fsp3) is 0.0370. The minimum Gasteiger partial charge on any atom is -0.445 e. The van der Waals surface area contributed by atoms with E-state index < -0.39 is 17.8 Å². The number of oxazole rings is 1. The van der Waals surface area contributed by atoms with Crippen LogP contribution in [0.15, 0.2) is 83.6 Å². The van der Waals surface area contributed by atoms with Crippen LogP contribution < -0.4 is 27.0 Å². The minimum absolute atomic E-state index is 0.149. The van der Waals surface area contributed by atoms with Crippen molar-refractivity contribution < 1.29 is 13.2 Å². The number of nitriles is 1. The number of nitrogens with zero attached hydrogens (tertiary/aromatic N) is 4. The van der Waals surface area contributed by atoms with Crippen molar-refractivity contribution in [2.75, 3.05) is 10.6 Å². The molecule has 5 aromatic rings. The summed E-state index contributed by atoms with van der Waals surface area (Å²) in [7, 11) is 0. The molecule has 13 heteroatoms. The van der Waals surface area contributed by atoms with Gasteiger partial charge in [0.1, 0.15) is 12.3 Å². The average Bonchev–Trinajstić information content (AvgIpc) is 3.69. The average molecular weight is 558 g/mol. The Morgan fingerprint density at radius 3 is 2.70 bits per heavy atom. The van der Waals surface area contributed by atoms with Gasteiger partial charge >= 0.3 is 0 Å². The van der Waals surface area contributed by atoms with Crippen molar-refractivity contribution >= 4 is 39.6 Å². The molecule has 1 atom stereocenters. The van der Waals surface area contributed by atoms with Crippen LogP contribution in [0.3, 0.4) is 0 Å². The standard InChI is InChI=1S/C27H18ClF2N9O/c28-20-8-17(7-19-23(16(10-31)11-33-25(19)20)37-18-9-21(29)26(30)34-12-18)36-24(22-13-35-39-38-22)14-2-1-3-15(6-14)27-32-4-5-40-27/h1-9,11-13,24,35-36,38-39H,(H,33,37)/t24-/m0/s1. The predicted molar refractivity (Wildman–Crippen MR) is 145 cm³/mol. The predicted octanol–water partition coefficient (Wildman–Crippen LogP) is 5.44. The van der Waals surface area contributed by atoms with E-state index in [1.807, 2.05) is 24.3 Å². The third-order valence-corrected chi connectivity index (χ3v) is 6.43. The highest BCUT2D eigenvalue weighted by Crippen LogP contribution is 2.37. The number of halogens is 3. The van der Waals surface area contributed by atoms with Gasteiger partial charge in [0.25, 0.3) is 0 Å². The van der Waals surface area contributed by atoms with E-state index in [9.17, 15) is 14.0 Å². The number of hydrogen-bond donors (Lipinski definition) is 5. The summed E-state index contributed by atoms with van der Waals surface area (Å²) in [5.74, 6) is -1.87. The zero-order valence-corrected chi connectivity index (χ0v) is 21.1. The highest BCUT2D eigenvalue weighted by Gasteiger charge is 2.22. The van der Waals surface area contributed by atoms with Crippen LogP contribution in [0.25, 0.3) is 22.4 Å². The first kappa shape index (κ1) is 25.1. The summed E-state index contributed by atoms with van der Waals surface area (Å²) in [6.45, 7) is 0. The van der Waals surface area contributed by atoms with Crippen LogP contribution in [0.4, 0.5) is 25.8 Å².